The zero-order chi connectivity index (χ0) is 19.2. The molecule has 0 aliphatic carbocycles. The van der Waals surface area contributed by atoms with Gasteiger partial charge in [-0.2, -0.15) is 9.36 Å². The number of ether oxygens (including phenoxy) is 2. The predicted molar refractivity (Wildman–Crippen MR) is 109 cm³/mol. The Hall–Kier alpha value is -2.65. The minimum atomic E-state index is -0.259. The van der Waals surface area contributed by atoms with E-state index < -0.39 is 0 Å². The van der Waals surface area contributed by atoms with Crippen molar-refractivity contribution in [3.8, 4) is 17.4 Å². The molecule has 9 heteroatoms. The molecule has 1 N–H and O–H groups in total. The molecule has 148 valence electrons. The van der Waals surface area contributed by atoms with Crippen molar-refractivity contribution >= 4 is 16.7 Å². The van der Waals surface area contributed by atoms with Crippen molar-refractivity contribution in [3.05, 3.63) is 43.0 Å². The molecule has 0 saturated carbocycles. The second-order valence-electron chi connectivity index (χ2n) is 6.50. The SMILES string of the molecule is CCCN(CCCNCC1Oc2ccccc2O1)c1nc(-n2ccnc2)ns1. The third-order valence-corrected chi connectivity index (χ3v) is 5.13. The molecule has 1 aromatic carbocycles. The number of imidazole rings is 1. The molecular weight excluding hydrogens is 376 g/mol. The number of aromatic nitrogens is 4. The number of nitrogens with one attached hydrogen (secondary N) is 1. The number of hydrogen-bond acceptors (Lipinski definition) is 8. The van der Waals surface area contributed by atoms with E-state index in [2.05, 4.69) is 31.5 Å². The van der Waals surface area contributed by atoms with Crippen LogP contribution in [0.1, 0.15) is 19.8 Å². The Morgan fingerprint density at radius 3 is 2.75 bits per heavy atom. The topological polar surface area (TPSA) is 77.3 Å². The minimum Gasteiger partial charge on any atom is -0.450 e. The monoisotopic (exact) mass is 400 g/mol. The summed E-state index contributed by atoms with van der Waals surface area (Å²) in [7, 11) is 0. The first-order valence-electron chi connectivity index (χ1n) is 9.53. The fourth-order valence-electron chi connectivity index (χ4n) is 3.04. The fourth-order valence-corrected chi connectivity index (χ4v) is 3.76. The van der Waals surface area contributed by atoms with Crippen LogP contribution >= 0.6 is 11.5 Å². The van der Waals surface area contributed by atoms with E-state index >= 15 is 0 Å². The molecule has 0 amide bonds. The second-order valence-corrected chi connectivity index (χ2v) is 7.23. The van der Waals surface area contributed by atoms with Crippen molar-refractivity contribution in [1.82, 2.24) is 24.2 Å². The van der Waals surface area contributed by atoms with Crippen LogP contribution in [0.4, 0.5) is 5.13 Å². The van der Waals surface area contributed by atoms with E-state index in [0.717, 1.165) is 49.1 Å². The Morgan fingerprint density at radius 1 is 1.21 bits per heavy atom. The van der Waals surface area contributed by atoms with Gasteiger partial charge >= 0.3 is 0 Å². The van der Waals surface area contributed by atoms with Crippen LogP contribution in [-0.4, -0.2) is 51.4 Å². The van der Waals surface area contributed by atoms with Gasteiger partial charge in [-0.15, -0.1) is 0 Å². The van der Waals surface area contributed by atoms with Gasteiger partial charge < -0.3 is 19.7 Å². The number of rotatable bonds is 10. The highest BCUT2D eigenvalue weighted by atomic mass is 32.1. The normalized spacial score (nSPS) is 13.2. The van der Waals surface area contributed by atoms with Crippen LogP contribution < -0.4 is 19.7 Å². The minimum absolute atomic E-state index is 0.259. The van der Waals surface area contributed by atoms with Crippen LogP contribution in [0.15, 0.2) is 43.0 Å². The molecule has 3 aromatic rings. The van der Waals surface area contributed by atoms with Crippen molar-refractivity contribution < 1.29 is 9.47 Å². The zero-order valence-electron chi connectivity index (χ0n) is 15.8. The Balaban J connectivity index is 1.22. The number of nitrogens with zero attached hydrogens (tertiary/aromatic N) is 5. The Morgan fingerprint density at radius 2 is 2.04 bits per heavy atom. The quantitative estimate of drug-likeness (QED) is 0.524. The van der Waals surface area contributed by atoms with Crippen molar-refractivity contribution in [2.75, 3.05) is 31.1 Å². The van der Waals surface area contributed by atoms with Crippen molar-refractivity contribution in [1.29, 1.82) is 0 Å². The van der Waals surface area contributed by atoms with Gasteiger partial charge in [-0.1, -0.05) is 19.1 Å². The summed E-state index contributed by atoms with van der Waals surface area (Å²) in [5.41, 5.74) is 0. The first-order chi connectivity index (χ1) is 13.8. The third kappa shape index (κ3) is 4.42. The molecular formula is C19H24N6O2S. The Kier molecular flexibility index (Phi) is 6.03. The number of hydrogen-bond donors (Lipinski definition) is 1. The lowest BCUT2D eigenvalue weighted by Gasteiger charge is -2.20. The van der Waals surface area contributed by atoms with Gasteiger partial charge in [-0.3, -0.25) is 4.57 Å². The molecule has 2 aromatic heterocycles. The van der Waals surface area contributed by atoms with Crippen LogP contribution in [0.25, 0.3) is 5.95 Å². The van der Waals surface area contributed by atoms with E-state index in [4.69, 9.17) is 9.47 Å². The maximum Gasteiger partial charge on any atom is 0.253 e. The summed E-state index contributed by atoms with van der Waals surface area (Å²) >= 11 is 1.43. The summed E-state index contributed by atoms with van der Waals surface area (Å²) in [6, 6.07) is 7.76. The molecule has 3 heterocycles. The highest BCUT2D eigenvalue weighted by Crippen LogP contribution is 2.33. The number of fused-ring (bicyclic) bond motifs is 1. The van der Waals surface area contributed by atoms with Crippen LogP contribution in [0.5, 0.6) is 11.5 Å². The van der Waals surface area contributed by atoms with Gasteiger partial charge in [0, 0.05) is 37.0 Å². The molecule has 0 unspecified atom stereocenters. The lowest BCUT2D eigenvalue weighted by Crippen LogP contribution is -2.35. The van der Waals surface area contributed by atoms with Gasteiger partial charge in [0.05, 0.1) is 6.54 Å². The zero-order valence-corrected chi connectivity index (χ0v) is 16.6. The molecule has 8 nitrogen and oxygen atoms in total. The summed E-state index contributed by atoms with van der Waals surface area (Å²) in [6.45, 7) is 5.60. The molecule has 0 radical (unpaired) electrons. The average Bonchev–Trinajstić information content (AvgIpc) is 3.46. The largest absolute Gasteiger partial charge is 0.450 e. The van der Waals surface area contributed by atoms with Crippen molar-refractivity contribution in [2.45, 2.75) is 26.1 Å². The first kappa shape index (κ1) is 18.7. The summed E-state index contributed by atoms with van der Waals surface area (Å²) in [5.74, 6) is 2.30. The van der Waals surface area contributed by atoms with Gasteiger partial charge in [-0.05, 0) is 31.5 Å². The lowest BCUT2D eigenvalue weighted by molar-refractivity contribution is 0.0500. The highest BCUT2D eigenvalue weighted by molar-refractivity contribution is 7.09. The van der Waals surface area contributed by atoms with E-state index in [1.165, 1.54) is 11.5 Å². The van der Waals surface area contributed by atoms with Gasteiger partial charge in [0.2, 0.25) is 11.1 Å². The molecule has 0 atom stereocenters. The second kappa shape index (κ2) is 9.03. The summed E-state index contributed by atoms with van der Waals surface area (Å²) < 4.78 is 17.8. The van der Waals surface area contributed by atoms with E-state index in [1.807, 2.05) is 35.0 Å². The van der Waals surface area contributed by atoms with Crippen LogP contribution in [0, 0.1) is 0 Å². The standard InChI is InChI=1S/C19H24N6O2S/c1-2-10-24(19-22-18(23-28-19)25-12-9-21-14-25)11-5-8-20-13-17-26-15-6-3-4-7-16(15)27-17/h3-4,6-7,9,12,14,17,20H,2,5,8,10-11,13H2,1H3. The van der Waals surface area contributed by atoms with Crippen molar-refractivity contribution in [2.24, 2.45) is 0 Å². The fraction of sp³-hybridized carbons (Fsp3) is 0.421. The Labute approximate surface area is 168 Å². The number of para-hydroxylation sites is 2. The third-order valence-electron chi connectivity index (χ3n) is 4.36. The van der Waals surface area contributed by atoms with Crippen LogP contribution in [0.3, 0.4) is 0 Å². The van der Waals surface area contributed by atoms with Crippen LogP contribution in [-0.2, 0) is 0 Å². The average molecular weight is 401 g/mol. The summed E-state index contributed by atoms with van der Waals surface area (Å²) in [4.78, 5) is 11.0. The van der Waals surface area contributed by atoms with Crippen molar-refractivity contribution in [3.63, 3.8) is 0 Å². The first-order valence-corrected chi connectivity index (χ1v) is 10.3. The van der Waals surface area contributed by atoms with Crippen LogP contribution in [0.2, 0.25) is 0 Å². The van der Waals surface area contributed by atoms with E-state index in [9.17, 15) is 0 Å². The molecule has 0 fully saturated rings. The molecule has 0 bridgehead atoms. The molecule has 0 spiro atoms. The molecule has 1 aliphatic heterocycles. The van der Waals surface area contributed by atoms with E-state index in [1.54, 1.807) is 12.5 Å². The van der Waals surface area contributed by atoms with Gasteiger partial charge in [0.1, 0.15) is 6.33 Å². The highest BCUT2D eigenvalue weighted by Gasteiger charge is 2.22. The summed E-state index contributed by atoms with van der Waals surface area (Å²) in [5, 5.41) is 4.36. The maximum atomic E-state index is 5.76. The smallest absolute Gasteiger partial charge is 0.253 e. The molecule has 28 heavy (non-hydrogen) atoms. The van der Waals surface area contributed by atoms with E-state index in [-0.39, 0.29) is 6.29 Å². The number of anilines is 1. The maximum absolute atomic E-state index is 5.76. The number of benzene rings is 1. The Bertz CT molecular complexity index is 844. The van der Waals surface area contributed by atoms with Gasteiger partial charge in [0.15, 0.2) is 11.5 Å². The molecule has 1 aliphatic rings. The molecule has 0 saturated heterocycles. The predicted octanol–water partition coefficient (Wildman–Crippen LogP) is 2.72. The van der Waals surface area contributed by atoms with Gasteiger partial charge in [0.25, 0.3) is 6.29 Å². The van der Waals surface area contributed by atoms with Gasteiger partial charge in [-0.25, -0.2) is 4.98 Å². The van der Waals surface area contributed by atoms with E-state index in [0.29, 0.717) is 12.5 Å². The molecule has 4 rings (SSSR count). The lowest BCUT2D eigenvalue weighted by atomic mass is 10.3. The summed E-state index contributed by atoms with van der Waals surface area (Å²) in [6.07, 6.45) is 7.10.